The van der Waals surface area contributed by atoms with Crippen LogP contribution in [-0.2, 0) is 0 Å². The smallest absolute Gasteiger partial charge is 0.147 e. The Morgan fingerprint density at radius 1 is 1.11 bits per heavy atom. The topological polar surface area (TPSA) is 22.1 Å². The second-order valence-electron chi connectivity index (χ2n) is 3.70. The number of hydrogen-bond donors (Lipinski definition) is 0. The fraction of sp³-hybridized carbons (Fsp3) is 0.133. The Hall–Kier alpha value is -1.69. The third kappa shape index (κ3) is 3.89. The number of hydrogen-bond acceptors (Lipinski definition) is 2. The predicted octanol–water partition coefficient (Wildman–Crippen LogP) is 4.19. The standard InChI is InChI=1S/C15H11Cl2NO/c1-2-19-13-7-5-11(6-8-13)3-4-12-9-14(16)15(17)18-10-12/h5-10H,2H2,1H3. The number of pyridine rings is 1. The first-order valence-electron chi connectivity index (χ1n) is 5.75. The van der Waals surface area contributed by atoms with E-state index < -0.39 is 0 Å². The number of benzene rings is 1. The molecule has 0 radical (unpaired) electrons. The van der Waals surface area contributed by atoms with Gasteiger partial charge in [0.1, 0.15) is 10.9 Å². The van der Waals surface area contributed by atoms with E-state index in [4.69, 9.17) is 27.9 Å². The van der Waals surface area contributed by atoms with Gasteiger partial charge < -0.3 is 4.74 Å². The molecule has 2 aromatic rings. The summed E-state index contributed by atoms with van der Waals surface area (Å²) in [5.41, 5.74) is 1.62. The van der Waals surface area contributed by atoms with Crippen molar-refractivity contribution < 1.29 is 4.74 Å². The maximum Gasteiger partial charge on any atom is 0.147 e. The van der Waals surface area contributed by atoms with Gasteiger partial charge in [0, 0.05) is 17.3 Å². The first-order valence-corrected chi connectivity index (χ1v) is 6.50. The number of ether oxygens (including phenoxy) is 1. The molecule has 0 aliphatic rings. The summed E-state index contributed by atoms with van der Waals surface area (Å²) in [5.74, 6) is 6.85. The lowest BCUT2D eigenvalue weighted by Gasteiger charge is -2.01. The normalized spacial score (nSPS) is 9.63. The minimum Gasteiger partial charge on any atom is -0.494 e. The maximum absolute atomic E-state index is 5.87. The third-order valence-electron chi connectivity index (χ3n) is 2.31. The zero-order valence-corrected chi connectivity index (χ0v) is 11.8. The average Bonchev–Trinajstić information content (AvgIpc) is 2.42. The SMILES string of the molecule is CCOc1ccc(C#Cc2cnc(Cl)c(Cl)c2)cc1. The quantitative estimate of drug-likeness (QED) is 0.611. The first-order chi connectivity index (χ1) is 9.19. The van der Waals surface area contributed by atoms with Crippen molar-refractivity contribution >= 4 is 23.2 Å². The van der Waals surface area contributed by atoms with Gasteiger partial charge in [-0.15, -0.1) is 0 Å². The van der Waals surface area contributed by atoms with Crippen molar-refractivity contribution in [3.05, 3.63) is 57.8 Å². The summed E-state index contributed by atoms with van der Waals surface area (Å²) in [7, 11) is 0. The Morgan fingerprint density at radius 2 is 1.79 bits per heavy atom. The average molecular weight is 292 g/mol. The summed E-state index contributed by atoms with van der Waals surface area (Å²) in [6, 6.07) is 9.28. The highest BCUT2D eigenvalue weighted by atomic mass is 35.5. The van der Waals surface area contributed by atoms with Crippen molar-refractivity contribution in [2.45, 2.75) is 6.92 Å². The highest BCUT2D eigenvalue weighted by molar-refractivity contribution is 6.41. The molecule has 0 unspecified atom stereocenters. The zero-order valence-electron chi connectivity index (χ0n) is 10.3. The molecular formula is C15H11Cl2NO. The monoisotopic (exact) mass is 291 g/mol. The van der Waals surface area contributed by atoms with E-state index >= 15 is 0 Å². The summed E-state index contributed by atoms with van der Waals surface area (Å²) in [5, 5.41) is 0.688. The van der Waals surface area contributed by atoms with Gasteiger partial charge in [-0.2, -0.15) is 0 Å². The van der Waals surface area contributed by atoms with Crippen molar-refractivity contribution in [2.24, 2.45) is 0 Å². The third-order valence-corrected chi connectivity index (χ3v) is 3.00. The van der Waals surface area contributed by atoms with Crippen LogP contribution in [0.5, 0.6) is 5.75 Å². The van der Waals surface area contributed by atoms with Gasteiger partial charge in [-0.1, -0.05) is 35.0 Å². The van der Waals surface area contributed by atoms with Gasteiger partial charge in [0.2, 0.25) is 0 Å². The van der Waals surface area contributed by atoms with Crippen LogP contribution in [0.15, 0.2) is 36.5 Å². The molecule has 0 aliphatic heterocycles. The molecule has 0 fully saturated rings. The molecule has 1 aromatic heterocycles. The van der Waals surface area contributed by atoms with Crippen LogP contribution in [0.1, 0.15) is 18.1 Å². The molecule has 0 saturated carbocycles. The van der Waals surface area contributed by atoms with Gasteiger partial charge in [0.15, 0.2) is 0 Å². The van der Waals surface area contributed by atoms with Crippen LogP contribution in [0, 0.1) is 11.8 Å². The number of halogens is 2. The van der Waals surface area contributed by atoms with Gasteiger partial charge in [-0.05, 0) is 37.3 Å². The van der Waals surface area contributed by atoms with Crippen molar-refractivity contribution in [3.63, 3.8) is 0 Å². The van der Waals surface area contributed by atoms with Crippen LogP contribution in [0.25, 0.3) is 0 Å². The summed E-state index contributed by atoms with van der Waals surface area (Å²) >= 11 is 11.6. The summed E-state index contributed by atoms with van der Waals surface area (Å²) in [6.07, 6.45) is 1.59. The van der Waals surface area contributed by atoms with Crippen molar-refractivity contribution in [2.75, 3.05) is 6.61 Å². The van der Waals surface area contributed by atoms with Gasteiger partial charge in [0.25, 0.3) is 0 Å². The zero-order chi connectivity index (χ0) is 13.7. The summed E-state index contributed by atoms with van der Waals surface area (Å²) in [4.78, 5) is 3.94. The van der Waals surface area contributed by atoms with Crippen LogP contribution < -0.4 is 4.74 Å². The fourth-order valence-electron chi connectivity index (χ4n) is 1.44. The molecule has 4 heteroatoms. The number of nitrogens with zero attached hydrogens (tertiary/aromatic N) is 1. The van der Waals surface area contributed by atoms with E-state index in [-0.39, 0.29) is 5.15 Å². The highest BCUT2D eigenvalue weighted by Gasteiger charge is 1.98. The Balaban J connectivity index is 2.16. The van der Waals surface area contributed by atoms with Gasteiger partial charge >= 0.3 is 0 Å². The van der Waals surface area contributed by atoms with Gasteiger partial charge in [-0.25, -0.2) is 4.98 Å². The Morgan fingerprint density at radius 3 is 2.42 bits per heavy atom. The van der Waals surface area contributed by atoms with E-state index in [0.29, 0.717) is 11.6 Å². The van der Waals surface area contributed by atoms with Gasteiger partial charge in [0.05, 0.1) is 11.6 Å². The van der Waals surface area contributed by atoms with E-state index in [2.05, 4.69) is 16.8 Å². The molecule has 0 N–H and O–H groups in total. The van der Waals surface area contributed by atoms with Crippen molar-refractivity contribution in [3.8, 4) is 17.6 Å². The second kappa shape index (κ2) is 6.47. The first kappa shape index (κ1) is 13.7. The molecule has 0 bridgehead atoms. The van der Waals surface area contributed by atoms with Crippen LogP contribution in [-0.4, -0.2) is 11.6 Å². The molecule has 2 rings (SSSR count). The largest absolute Gasteiger partial charge is 0.494 e. The van der Waals surface area contributed by atoms with Crippen molar-refractivity contribution in [1.82, 2.24) is 4.98 Å². The number of aromatic nitrogens is 1. The second-order valence-corrected chi connectivity index (χ2v) is 4.47. The minimum atomic E-state index is 0.285. The van der Waals surface area contributed by atoms with E-state index in [0.717, 1.165) is 16.9 Å². The van der Waals surface area contributed by atoms with Crippen molar-refractivity contribution in [1.29, 1.82) is 0 Å². The Kier molecular flexibility index (Phi) is 4.68. The van der Waals surface area contributed by atoms with E-state index in [1.807, 2.05) is 31.2 Å². The molecule has 1 aromatic carbocycles. The molecule has 2 nitrogen and oxygen atoms in total. The molecule has 0 spiro atoms. The maximum atomic E-state index is 5.87. The molecular weight excluding hydrogens is 281 g/mol. The lowest BCUT2D eigenvalue weighted by molar-refractivity contribution is 0.340. The minimum absolute atomic E-state index is 0.285. The molecule has 0 atom stereocenters. The summed E-state index contributed by atoms with van der Waals surface area (Å²) < 4.78 is 5.36. The Labute approximate surface area is 122 Å². The molecule has 0 saturated heterocycles. The highest BCUT2D eigenvalue weighted by Crippen LogP contribution is 2.19. The molecule has 0 aliphatic carbocycles. The van der Waals surface area contributed by atoms with Crippen LogP contribution in [0.3, 0.4) is 0 Å². The van der Waals surface area contributed by atoms with Gasteiger partial charge in [-0.3, -0.25) is 0 Å². The molecule has 96 valence electrons. The number of rotatable bonds is 2. The van der Waals surface area contributed by atoms with E-state index in [1.165, 1.54) is 0 Å². The van der Waals surface area contributed by atoms with Crippen LogP contribution >= 0.6 is 23.2 Å². The molecule has 0 amide bonds. The predicted molar refractivity (Wildman–Crippen MR) is 77.8 cm³/mol. The Bertz CT molecular complexity index is 627. The summed E-state index contributed by atoms with van der Waals surface area (Å²) in [6.45, 7) is 2.60. The molecule has 19 heavy (non-hydrogen) atoms. The van der Waals surface area contributed by atoms with E-state index in [9.17, 15) is 0 Å². The molecule has 1 heterocycles. The van der Waals surface area contributed by atoms with Crippen LogP contribution in [0.2, 0.25) is 10.2 Å². The fourth-order valence-corrected chi connectivity index (χ4v) is 1.70. The lowest BCUT2D eigenvalue weighted by atomic mass is 10.2. The lowest BCUT2D eigenvalue weighted by Crippen LogP contribution is -1.90. The van der Waals surface area contributed by atoms with E-state index in [1.54, 1.807) is 12.3 Å². The van der Waals surface area contributed by atoms with Crippen LogP contribution in [0.4, 0.5) is 0 Å².